The highest BCUT2D eigenvalue weighted by molar-refractivity contribution is 6.09. The minimum Gasteiger partial charge on any atom is -0.355 e. The van der Waals surface area contributed by atoms with Gasteiger partial charge in [-0.3, -0.25) is 14.5 Å². The van der Waals surface area contributed by atoms with Crippen LogP contribution in [-0.2, 0) is 9.59 Å². The maximum atomic E-state index is 12.9. The second-order valence-corrected chi connectivity index (χ2v) is 8.79. The standard InChI is InChI=1S/C18H31N3O3/c1-12(2)6-7-19-14(22)10-21-15(23)18(20-16(21)24)9-13(3)8-17(4,5)11-18/h12-13H,6-11H2,1-5H3,(H,19,22)(H,20,24)/t13-,18-/m1/s1. The Labute approximate surface area is 144 Å². The average Bonchev–Trinajstić information content (AvgIpc) is 2.60. The van der Waals surface area contributed by atoms with Crippen LogP contribution in [0.1, 0.15) is 60.3 Å². The van der Waals surface area contributed by atoms with Gasteiger partial charge in [-0.2, -0.15) is 0 Å². The summed E-state index contributed by atoms with van der Waals surface area (Å²) in [5.41, 5.74) is -0.841. The summed E-state index contributed by atoms with van der Waals surface area (Å²) in [6, 6.07) is -0.441. The van der Waals surface area contributed by atoms with Crippen molar-refractivity contribution in [1.29, 1.82) is 0 Å². The quantitative estimate of drug-likeness (QED) is 0.756. The number of amides is 4. The van der Waals surface area contributed by atoms with Crippen molar-refractivity contribution in [2.75, 3.05) is 13.1 Å². The van der Waals surface area contributed by atoms with Crippen molar-refractivity contribution in [3.8, 4) is 0 Å². The predicted molar refractivity (Wildman–Crippen MR) is 92.2 cm³/mol. The number of carbonyl (C=O) groups excluding carboxylic acids is 3. The van der Waals surface area contributed by atoms with E-state index in [1.807, 2.05) is 0 Å². The van der Waals surface area contributed by atoms with Gasteiger partial charge in [0.15, 0.2) is 0 Å². The molecule has 0 aromatic rings. The first-order valence-electron chi connectivity index (χ1n) is 8.95. The van der Waals surface area contributed by atoms with Gasteiger partial charge >= 0.3 is 6.03 Å². The second kappa shape index (κ2) is 6.73. The number of hydrogen-bond donors (Lipinski definition) is 2. The van der Waals surface area contributed by atoms with Crippen molar-refractivity contribution < 1.29 is 14.4 Å². The fraction of sp³-hybridized carbons (Fsp3) is 0.833. The molecule has 2 N–H and O–H groups in total. The molecule has 24 heavy (non-hydrogen) atoms. The van der Waals surface area contributed by atoms with Gasteiger partial charge in [-0.05, 0) is 42.9 Å². The SMILES string of the molecule is CC(C)CCNC(=O)CN1C(=O)N[C@@]2(C[C@H](C)CC(C)(C)C2)C1=O. The third kappa shape index (κ3) is 4.08. The number of imide groups is 1. The Balaban J connectivity index is 2.02. The topological polar surface area (TPSA) is 78.5 Å². The maximum Gasteiger partial charge on any atom is 0.325 e. The third-order valence-corrected chi connectivity index (χ3v) is 4.97. The van der Waals surface area contributed by atoms with Crippen molar-refractivity contribution >= 4 is 17.8 Å². The van der Waals surface area contributed by atoms with Crippen LogP contribution in [0.2, 0.25) is 0 Å². The van der Waals surface area contributed by atoms with E-state index in [1.165, 1.54) is 0 Å². The lowest BCUT2D eigenvalue weighted by atomic mass is 9.64. The molecule has 2 atom stereocenters. The third-order valence-electron chi connectivity index (χ3n) is 4.97. The van der Waals surface area contributed by atoms with Crippen LogP contribution in [0.4, 0.5) is 4.79 Å². The molecule has 1 saturated carbocycles. The Hall–Kier alpha value is -1.59. The van der Waals surface area contributed by atoms with E-state index in [-0.39, 0.29) is 23.8 Å². The minimum absolute atomic E-state index is 0.00383. The minimum atomic E-state index is -0.837. The predicted octanol–water partition coefficient (Wildman–Crippen LogP) is 2.29. The molecule has 2 fully saturated rings. The highest BCUT2D eigenvalue weighted by atomic mass is 16.2. The molecule has 0 aromatic carbocycles. The van der Waals surface area contributed by atoms with E-state index < -0.39 is 11.6 Å². The van der Waals surface area contributed by atoms with Gasteiger partial charge in [0.05, 0.1) is 0 Å². The van der Waals surface area contributed by atoms with E-state index in [9.17, 15) is 14.4 Å². The van der Waals surface area contributed by atoms with Gasteiger partial charge < -0.3 is 10.6 Å². The number of carbonyl (C=O) groups is 3. The number of nitrogens with one attached hydrogen (secondary N) is 2. The Kier molecular flexibility index (Phi) is 5.25. The Bertz CT molecular complexity index is 530. The van der Waals surface area contributed by atoms with Crippen LogP contribution in [0.5, 0.6) is 0 Å². The van der Waals surface area contributed by atoms with E-state index in [1.54, 1.807) is 0 Å². The van der Waals surface area contributed by atoms with Gasteiger partial charge in [0.1, 0.15) is 12.1 Å². The molecule has 2 aliphatic rings. The number of rotatable bonds is 5. The van der Waals surface area contributed by atoms with Gasteiger partial charge in [-0.25, -0.2) is 4.79 Å². The molecular formula is C18H31N3O3. The summed E-state index contributed by atoms with van der Waals surface area (Å²) < 4.78 is 0. The molecule has 2 rings (SSSR count). The molecule has 1 heterocycles. The molecule has 0 bridgehead atoms. The molecular weight excluding hydrogens is 306 g/mol. The van der Waals surface area contributed by atoms with Gasteiger partial charge in [0, 0.05) is 6.54 Å². The lowest BCUT2D eigenvalue weighted by Crippen LogP contribution is -2.54. The molecule has 6 heteroatoms. The van der Waals surface area contributed by atoms with Gasteiger partial charge in [-0.1, -0.05) is 34.6 Å². The molecule has 0 radical (unpaired) electrons. The normalized spacial score (nSPS) is 29.2. The number of urea groups is 1. The number of hydrogen-bond acceptors (Lipinski definition) is 3. The Morgan fingerprint density at radius 2 is 2.00 bits per heavy atom. The van der Waals surface area contributed by atoms with Crippen molar-refractivity contribution in [2.45, 2.75) is 65.8 Å². The summed E-state index contributed by atoms with van der Waals surface area (Å²) in [7, 11) is 0. The average molecular weight is 337 g/mol. The lowest BCUT2D eigenvalue weighted by Gasteiger charge is -2.43. The van der Waals surface area contributed by atoms with Crippen LogP contribution in [0.25, 0.3) is 0 Å². The summed E-state index contributed by atoms with van der Waals surface area (Å²) in [4.78, 5) is 38.3. The zero-order valence-electron chi connectivity index (χ0n) is 15.6. The molecule has 1 saturated heterocycles. The summed E-state index contributed by atoms with van der Waals surface area (Å²) in [6.45, 7) is 10.9. The van der Waals surface area contributed by atoms with Crippen LogP contribution in [0.15, 0.2) is 0 Å². The van der Waals surface area contributed by atoms with E-state index in [4.69, 9.17) is 0 Å². The van der Waals surface area contributed by atoms with Gasteiger partial charge in [0.25, 0.3) is 5.91 Å². The monoisotopic (exact) mass is 337 g/mol. The second-order valence-electron chi connectivity index (χ2n) is 8.79. The molecule has 1 spiro atoms. The van der Waals surface area contributed by atoms with E-state index >= 15 is 0 Å². The molecule has 136 valence electrons. The zero-order chi connectivity index (χ0) is 18.1. The Morgan fingerprint density at radius 1 is 1.33 bits per heavy atom. The first-order valence-corrected chi connectivity index (χ1v) is 8.95. The lowest BCUT2D eigenvalue weighted by molar-refractivity contribution is -0.137. The van der Waals surface area contributed by atoms with Crippen molar-refractivity contribution in [3.05, 3.63) is 0 Å². The van der Waals surface area contributed by atoms with Crippen LogP contribution in [0, 0.1) is 17.3 Å². The van der Waals surface area contributed by atoms with Crippen LogP contribution in [-0.4, -0.2) is 41.4 Å². The number of nitrogens with zero attached hydrogens (tertiary/aromatic N) is 1. The first-order chi connectivity index (χ1) is 11.0. The molecule has 4 amide bonds. The zero-order valence-corrected chi connectivity index (χ0v) is 15.6. The van der Waals surface area contributed by atoms with Crippen molar-refractivity contribution in [1.82, 2.24) is 15.5 Å². The van der Waals surface area contributed by atoms with Crippen LogP contribution < -0.4 is 10.6 Å². The molecule has 6 nitrogen and oxygen atoms in total. The van der Waals surface area contributed by atoms with Crippen LogP contribution in [0.3, 0.4) is 0 Å². The Morgan fingerprint density at radius 3 is 2.58 bits per heavy atom. The molecule has 0 unspecified atom stereocenters. The molecule has 1 aliphatic heterocycles. The van der Waals surface area contributed by atoms with E-state index in [2.05, 4.69) is 45.3 Å². The van der Waals surface area contributed by atoms with Crippen molar-refractivity contribution in [3.63, 3.8) is 0 Å². The van der Waals surface area contributed by atoms with E-state index in [0.717, 1.165) is 17.7 Å². The fourth-order valence-corrected chi connectivity index (χ4v) is 4.35. The molecule has 1 aliphatic carbocycles. The summed E-state index contributed by atoms with van der Waals surface area (Å²) >= 11 is 0. The molecule has 0 aromatic heterocycles. The maximum absolute atomic E-state index is 12.9. The van der Waals surface area contributed by atoms with Gasteiger partial charge in [0.2, 0.25) is 5.91 Å². The largest absolute Gasteiger partial charge is 0.355 e. The van der Waals surface area contributed by atoms with Gasteiger partial charge in [-0.15, -0.1) is 0 Å². The fourth-order valence-electron chi connectivity index (χ4n) is 4.35. The highest BCUT2D eigenvalue weighted by Crippen LogP contribution is 2.46. The van der Waals surface area contributed by atoms with Crippen LogP contribution >= 0.6 is 0 Å². The summed E-state index contributed by atoms with van der Waals surface area (Å²) in [5.74, 6) is 0.333. The smallest absolute Gasteiger partial charge is 0.325 e. The van der Waals surface area contributed by atoms with E-state index in [0.29, 0.717) is 31.2 Å². The van der Waals surface area contributed by atoms with Crippen molar-refractivity contribution in [2.24, 2.45) is 17.3 Å². The highest BCUT2D eigenvalue weighted by Gasteiger charge is 2.56. The summed E-state index contributed by atoms with van der Waals surface area (Å²) in [6.07, 6.45) is 3.18. The summed E-state index contributed by atoms with van der Waals surface area (Å²) in [5, 5.41) is 5.68. The first kappa shape index (κ1) is 18.7.